The minimum Gasteiger partial charge on any atom is -0.388 e. The summed E-state index contributed by atoms with van der Waals surface area (Å²) >= 11 is 6.84. The van der Waals surface area contributed by atoms with Crippen LogP contribution in [0.4, 0.5) is 0 Å². The van der Waals surface area contributed by atoms with Crippen molar-refractivity contribution in [3.63, 3.8) is 0 Å². The lowest BCUT2D eigenvalue weighted by molar-refractivity contribution is -0.0262. The number of hydrogen-bond donors (Lipinski definition) is 6. The zero-order chi connectivity index (χ0) is 23.2. The predicted molar refractivity (Wildman–Crippen MR) is 109 cm³/mol. The lowest BCUT2D eigenvalue weighted by atomic mass is 9.88. The van der Waals surface area contributed by atoms with E-state index >= 15 is 0 Å². The van der Waals surface area contributed by atoms with Crippen LogP contribution in [0.5, 0.6) is 0 Å². The van der Waals surface area contributed by atoms with Crippen LogP contribution in [0.3, 0.4) is 0 Å². The summed E-state index contributed by atoms with van der Waals surface area (Å²) in [5.74, 6) is -0.581. The van der Waals surface area contributed by atoms with Crippen molar-refractivity contribution < 1.29 is 61.4 Å². The molecule has 1 aliphatic carbocycles. The number of thiophene rings is 1. The molecule has 0 radical (unpaired) electrons. The van der Waals surface area contributed by atoms with Gasteiger partial charge in [0, 0.05) is 15.7 Å². The molecular formula is C13H17O13P3S2. The maximum Gasteiger partial charge on any atom is 0.490 e. The van der Waals surface area contributed by atoms with E-state index < -0.39 is 60.4 Å². The van der Waals surface area contributed by atoms with Gasteiger partial charge in [-0.25, -0.2) is 13.7 Å². The Labute approximate surface area is 184 Å². The van der Waals surface area contributed by atoms with Crippen LogP contribution in [0.2, 0.25) is 0 Å². The Morgan fingerprint density at radius 2 is 1.74 bits per heavy atom. The number of fused-ring (bicyclic) bond motifs is 1. The normalized spacial score (nSPS) is 32.5. The second-order valence-electron chi connectivity index (χ2n) is 6.46. The van der Waals surface area contributed by atoms with Gasteiger partial charge in [0.2, 0.25) is 0 Å². The summed E-state index contributed by atoms with van der Waals surface area (Å²) in [6, 6.07) is 1.87. The van der Waals surface area contributed by atoms with E-state index in [1.165, 1.54) is 11.3 Å². The van der Waals surface area contributed by atoms with Crippen LogP contribution in [0, 0.1) is 5.92 Å². The quantitative estimate of drug-likeness (QED) is 0.201. The van der Waals surface area contributed by atoms with Gasteiger partial charge in [-0.2, -0.15) is 8.62 Å². The third-order valence-electron chi connectivity index (χ3n) is 4.28. The summed E-state index contributed by atoms with van der Waals surface area (Å²) in [7, 11) is -16.6. The Hall–Kier alpha value is -0.180. The molecule has 0 aromatic carbocycles. The Bertz CT molecular complexity index is 1020. The van der Waals surface area contributed by atoms with Gasteiger partial charge in [-0.05, 0) is 17.0 Å². The maximum atomic E-state index is 11.8. The monoisotopic (exact) mass is 538 g/mol. The third kappa shape index (κ3) is 6.24. The van der Waals surface area contributed by atoms with Crippen molar-refractivity contribution in [2.45, 2.75) is 24.4 Å². The average Bonchev–Trinajstić information content (AvgIpc) is 3.17. The largest absolute Gasteiger partial charge is 0.490 e. The molecule has 7 atom stereocenters. The molecule has 2 aliphatic rings. The van der Waals surface area contributed by atoms with Gasteiger partial charge in [-0.3, -0.25) is 4.52 Å². The van der Waals surface area contributed by atoms with Gasteiger partial charge in [0.25, 0.3) is 0 Å². The summed E-state index contributed by atoms with van der Waals surface area (Å²) in [6.07, 6.45) is -1.90. The van der Waals surface area contributed by atoms with Crippen LogP contribution in [-0.2, 0) is 31.6 Å². The van der Waals surface area contributed by atoms with Crippen LogP contribution in [0.1, 0.15) is 10.4 Å². The van der Waals surface area contributed by atoms with E-state index in [1.54, 1.807) is 12.2 Å². The molecule has 1 fully saturated rings. The molecule has 1 aliphatic heterocycles. The summed E-state index contributed by atoms with van der Waals surface area (Å²) < 4.78 is 51.0. The highest BCUT2D eigenvalue weighted by Crippen LogP contribution is 2.66. The number of hydrogen-bond acceptors (Lipinski definition) is 11. The Balaban J connectivity index is 1.63. The highest BCUT2D eigenvalue weighted by Gasteiger charge is 2.49. The smallest absolute Gasteiger partial charge is 0.388 e. The van der Waals surface area contributed by atoms with Crippen molar-refractivity contribution in [2.24, 2.45) is 5.92 Å². The molecule has 0 amide bonds. The molecule has 0 spiro atoms. The molecule has 0 saturated carbocycles. The molecule has 13 nitrogen and oxygen atoms in total. The Kier molecular flexibility index (Phi) is 7.57. The molecule has 0 bridgehead atoms. The first-order valence-electron chi connectivity index (χ1n) is 8.29. The van der Waals surface area contributed by atoms with Crippen LogP contribution in [0.25, 0.3) is 6.08 Å². The fraction of sp³-hybridized carbons (Fsp3) is 0.462. The summed E-state index contributed by atoms with van der Waals surface area (Å²) in [6.45, 7) is -0.883. The van der Waals surface area contributed by atoms with Gasteiger partial charge >= 0.3 is 23.5 Å². The molecule has 174 valence electrons. The van der Waals surface area contributed by atoms with E-state index in [4.69, 9.17) is 31.6 Å². The van der Waals surface area contributed by atoms with E-state index in [0.29, 0.717) is 4.86 Å². The molecule has 1 saturated heterocycles. The highest BCUT2D eigenvalue weighted by molar-refractivity contribution is 7.81. The molecule has 1 aromatic rings. The van der Waals surface area contributed by atoms with Gasteiger partial charge in [-0.1, -0.05) is 24.4 Å². The minimum absolute atomic E-state index is 0.484. The minimum atomic E-state index is -5.67. The molecule has 18 heteroatoms. The van der Waals surface area contributed by atoms with E-state index in [2.05, 4.69) is 13.1 Å². The predicted octanol–water partition coefficient (Wildman–Crippen LogP) is 0.942. The number of ether oxygens (including phenoxy) is 1. The van der Waals surface area contributed by atoms with Crippen LogP contribution >= 0.6 is 47.0 Å². The number of aliphatic hydroxyl groups excluding tert-OH is 2. The topological polar surface area (TPSA) is 210 Å². The summed E-state index contributed by atoms with van der Waals surface area (Å²) in [4.78, 5) is 37.0. The number of thiocarbonyl (C=S) groups is 1. The second-order valence-corrected chi connectivity index (χ2v) is 12.2. The summed E-state index contributed by atoms with van der Waals surface area (Å²) in [5.41, 5.74) is 0.906. The van der Waals surface area contributed by atoms with Crippen molar-refractivity contribution in [2.75, 3.05) is 6.61 Å². The molecule has 1 aromatic heterocycles. The average molecular weight is 538 g/mol. The van der Waals surface area contributed by atoms with Gasteiger partial charge in [0.05, 0.1) is 12.7 Å². The Morgan fingerprint density at radius 3 is 2.39 bits per heavy atom. The number of phosphoric acid groups is 3. The van der Waals surface area contributed by atoms with Crippen molar-refractivity contribution in [3.05, 3.63) is 28.0 Å². The molecule has 6 N–H and O–H groups in total. The van der Waals surface area contributed by atoms with Gasteiger partial charge in [-0.15, -0.1) is 11.3 Å². The first-order valence-corrected chi connectivity index (χ1v) is 14.1. The Morgan fingerprint density at radius 1 is 1.06 bits per heavy atom. The van der Waals surface area contributed by atoms with Gasteiger partial charge in [0.1, 0.15) is 18.3 Å². The number of phosphoric ester groups is 1. The lowest BCUT2D eigenvalue weighted by Crippen LogP contribution is -2.39. The molecule has 3 rings (SSSR count). The van der Waals surface area contributed by atoms with Crippen molar-refractivity contribution in [1.82, 2.24) is 0 Å². The lowest BCUT2D eigenvalue weighted by Gasteiger charge is -2.26. The van der Waals surface area contributed by atoms with E-state index in [9.17, 15) is 28.8 Å². The van der Waals surface area contributed by atoms with Gasteiger partial charge < -0.3 is 34.5 Å². The van der Waals surface area contributed by atoms with Crippen LogP contribution in [0.15, 0.2) is 17.5 Å². The SMILES string of the molecule is O=P(O)(O)OP(=O)(O)OP(=O)(O)OC[C@H]1O[C@@H](C2C=Cc3ccsc3C2=S)C(O)C1O. The number of rotatable bonds is 8. The first-order chi connectivity index (χ1) is 14.2. The molecular weight excluding hydrogens is 521 g/mol. The zero-order valence-electron chi connectivity index (χ0n) is 15.1. The highest BCUT2D eigenvalue weighted by atomic mass is 32.1. The van der Waals surface area contributed by atoms with E-state index in [-0.39, 0.29) is 0 Å². The van der Waals surface area contributed by atoms with Gasteiger partial charge in [0.15, 0.2) is 0 Å². The van der Waals surface area contributed by atoms with Crippen LogP contribution < -0.4 is 0 Å². The zero-order valence-corrected chi connectivity index (χ0v) is 19.4. The van der Waals surface area contributed by atoms with Crippen molar-refractivity contribution >= 4 is 58.0 Å². The van der Waals surface area contributed by atoms with Crippen molar-refractivity contribution in [3.8, 4) is 0 Å². The first kappa shape index (κ1) is 25.4. The standard InChI is InChI=1S/C13H17O13P3S2/c14-9-8(5-23-28(19,20)26-29(21,22)25-27(16,17)18)24-11(10(9)15)7-2-1-6-3-4-31-13(6)12(7)30/h1-4,7-11,14-15H,5H2,(H,19,20)(H,21,22)(H2,16,17,18)/t7?,8-,9?,10?,11+/m1/s1. The fourth-order valence-electron chi connectivity index (χ4n) is 3.04. The molecule has 31 heavy (non-hydrogen) atoms. The van der Waals surface area contributed by atoms with Crippen LogP contribution in [-0.4, -0.2) is 65.7 Å². The van der Waals surface area contributed by atoms with E-state index in [0.717, 1.165) is 10.4 Å². The summed E-state index contributed by atoms with van der Waals surface area (Å²) in [5, 5.41) is 22.4. The van der Waals surface area contributed by atoms with E-state index in [1.807, 2.05) is 11.4 Å². The second kappa shape index (κ2) is 9.22. The van der Waals surface area contributed by atoms with Crippen molar-refractivity contribution in [1.29, 1.82) is 0 Å². The fourth-order valence-corrected chi connectivity index (χ4v) is 7.42. The molecule has 2 heterocycles. The third-order valence-corrected chi connectivity index (χ3v) is 9.65. The number of aliphatic hydroxyl groups is 2. The maximum absolute atomic E-state index is 11.8. The molecule has 5 unspecified atom stereocenters.